The number of alkyl halides is 6. The maximum absolute atomic E-state index is 13.8. The van der Waals surface area contributed by atoms with E-state index in [0.29, 0.717) is 11.3 Å². The van der Waals surface area contributed by atoms with E-state index >= 15 is 0 Å². The molecule has 3 N–H and O–H groups in total. The fraction of sp³-hybridized carbons (Fsp3) is 0.355. The van der Waals surface area contributed by atoms with Crippen molar-refractivity contribution in [2.45, 2.75) is 70.9 Å². The van der Waals surface area contributed by atoms with E-state index in [1.807, 2.05) is 51.1 Å². The smallest absolute Gasteiger partial charge is 0.475 e. The Labute approximate surface area is 266 Å². The van der Waals surface area contributed by atoms with Crippen molar-refractivity contribution in [3.8, 4) is 0 Å². The van der Waals surface area contributed by atoms with Gasteiger partial charge in [0.2, 0.25) is 5.91 Å². The summed E-state index contributed by atoms with van der Waals surface area (Å²) in [6.45, 7) is 12.1. The van der Waals surface area contributed by atoms with Crippen molar-refractivity contribution in [3.05, 3.63) is 90.0 Å². The number of nitrogens with one attached hydrogen (secondary N) is 1. The van der Waals surface area contributed by atoms with E-state index < -0.39 is 35.9 Å². The number of hydrogen-bond acceptors (Lipinski definition) is 6. The van der Waals surface area contributed by atoms with Crippen molar-refractivity contribution in [3.63, 3.8) is 0 Å². The summed E-state index contributed by atoms with van der Waals surface area (Å²) in [5, 5.41) is 17.3. The molecule has 3 rings (SSSR count). The summed E-state index contributed by atoms with van der Waals surface area (Å²) < 4.78 is 63.5. The van der Waals surface area contributed by atoms with Crippen LogP contribution in [0.1, 0.15) is 69.2 Å². The molecule has 256 valence electrons. The van der Waals surface area contributed by atoms with Gasteiger partial charge in [-0.25, -0.2) is 9.59 Å². The molecule has 3 aromatic rings. The van der Waals surface area contributed by atoms with Crippen LogP contribution in [-0.2, 0) is 19.8 Å². The number of carbonyl (C=O) groups is 4. The monoisotopic (exact) mass is 672 g/mol. The van der Waals surface area contributed by atoms with Crippen LogP contribution in [0.3, 0.4) is 0 Å². The van der Waals surface area contributed by atoms with Crippen molar-refractivity contribution in [2.24, 2.45) is 0 Å². The Bertz CT molecular complexity index is 1460. The normalized spacial score (nSPS) is 12.3. The molecular weight excluding hydrogens is 638 g/mol. The molecule has 0 saturated heterocycles. The SMILES string of the molecule is CC(C)(C)NC(=O)C(c1cccnc1)N(C(=O)c1ccccn1)c1ccc(C(C)(C)C)cc1.O=C(O)C(F)(F)F.O=C(O)C(F)(F)F. The third-order valence-corrected chi connectivity index (χ3v) is 5.60. The standard InChI is InChI=1S/C27H32N4O2.2C2HF3O2/c1-26(2,3)20-12-14-21(15-13-20)31(25(33)22-11-7-8-17-29-22)23(19-10-9-16-28-18-19)24(32)30-27(4,5)6;2*3-2(4,5)1(6)7/h7-18,23H,1-6H3,(H,30,32);2*(H,6,7). The van der Waals surface area contributed by atoms with E-state index in [2.05, 4.69) is 36.1 Å². The molecule has 1 aromatic carbocycles. The molecule has 2 heterocycles. The zero-order chi connectivity index (χ0) is 36.4. The van der Waals surface area contributed by atoms with Crippen LogP contribution in [0.2, 0.25) is 0 Å². The quantitative estimate of drug-likeness (QED) is 0.266. The summed E-state index contributed by atoms with van der Waals surface area (Å²) in [5.74, 6) is -6.17. The van der Waals surface area contributed by atoms with Gasteiger partial charge in [-0.05, 0) is 62.1 Å². The van der Waals surface area contributed by atoms with Gasteiger partial charge < -0.3 is 15.5 Å². The lowest BCUT2D eigenvalue weighted by molar-refractivity contribution is -0.193. The van der Waals surface area contributed by atoms with Crippen molar-refractivity contribution >= 4 is 29.4 Å². The fourth-order valence-electron chi connectivity index (χ4n) is 3.51. The average molecular weight is 673 g/mol. The number of carboxylic acid groups (broad SMARTS) is 2. The van der Waals surface area contributed by atoms with Crippen LogP contribution in [0.15, 0.2) is 73.2 Å². The minimum atomic E-state index is -5.08. The highest BCUT2D eigenvalue weighted by Gasteiger charge is 2.39. The first-order valence-corrected chi connectivity index (χ1v) is 13.5. The molecule has 1 atom stereocenters. The maximum atomic E-state index is 13.8. The van der Waals surface area contributed by atoms with E-state index in [0.717, 1.165) is 5.56 Å². The molecule has 2 aromatic heterocycles. The van der Waals surface area contributed by atoms with Crippen LogP contribution < -0.4 is 10.2 Å². The Morgan fingerprint density at radius 1 is 0.745 bits per heavy atom. The van der Waals surface area contributed by atoms with Gasteiger partial charge in [0.15, 0.2) is 0 Å². The Morgan fingerprint density at radius 3 is 1.62 bits per heavy atom. The Morgan fingerprint density at radius 2 is 1.26 bits per heavy atom. The average Bonchev–Trinajstić information content (AvgIpc) is 2.94. The minimum absolute atomic E-state index is 0.0410. The molecule has 0 fully saturated rings. The number of aromatic nitrogens is 2. The molecular formula is C31H34F6N4O6. The second-order valence-electron chi connectivity index (χ2n) is 11.7. The molecule has 10 nitrogen and oxygen atoms in total. The number of halogens is 6. The van der Waals surface area contributed by atoms with E-state index in [4.69, 9.17) is 19.8 Å². The van der Waals surface area contributed by atoms with Gasteiger partial charge >= 0.3 is 24.3 Å². The van der Waals surface area contributed by atoms with Crippen LogP contribution in [0, 0.1) is 0 Å². The Kier molecular flexibility index (Phi) is 13.6. The number of pyridine rings is 2. The molecule has 1 unspecified atom stereocenters. The molecule has 2 amide bonds. The number of benzene rings is 1. The number of aliphatic carboxylic acids is 2. The van der Waals surface area contributed by atoms with Gasteiger partial charge in [-0.3, -0.25) is 24.5 Å². The van der Waals surface area contributed by atoms with Crippen LogP contribution in [0.25, 0.3) is 0 Å². The summed E-state index contributed by atoms with van der Waals surface area (Å²) in [4.78, 5) is 55.1. The van der Waals surface area contributed by atoms with Crippen LogP contribution in [0.4, 0.5) is 32.0 Å². The van der Waals surface area contributed by atoms with Gasteiger partial charge in [0.25, 0.3) is 5.91 Å². The van der Waals surface area contributed by atoms with E-state index in [1.54, 1.807) is 42.9 Å². The number of carboxylic acids is 2. The highest BCUT2D eigenvalue weighted by molar-refractivity contribution is 6.09. The lowest BCUT2D eigenvalue weighted by Crippen LogP contribution is -2.49. The number of amides is 2. The van der Waals surface area contributed by atoms with Gasteiger partial charge in [0.1, 0.15) is 11.7 Å². The van der Waals surface area contributed by atoms with Gasteiger partial charge in [-0.2, -0.15) is 26.3 Å². The molecule has 0 aliphatic heterocycles. The number of rotatable bonds is 5. The highest BCUT2D eigenvalue weighted by atomic mass is 19.4. The molecule has 16 heteroatoms. The Hall–Kier alpha value is -5.02. The largest absolute Gasteiger partial charge is 0.490 e. The van der Waals surface area contributed by atoms with Crippen LogP contribution >= 0.6 is 0 Å². The van der Waals surface area contributed by atoms with Gasteiger partial charge in [-0.1, -0.05) is 45.0 Å². The van der Waals surface area contributed by atoms with Crippen molar-refractivity contribution in [1.29, 1.82) is 0 Å². The zero-order valence-corrected chi connectivity index (χ0v) is 26.1. The predicted octanol–water partition coefficient (Wildman–Crippen LogP) is 6.34. The molecule has 0 aliphatic carbocycles. The summed E-state index contributed by atoms with van der Waals surface area (Å²) in [7, 11) is 0. The number of nitrogens with zero attached hydrogens (tertiary/aromatic N) is 3. The Balaban J connectivity index is 0.000000658. The summed E-state index contributed by atoms with van der Waals surface area (Å²) in [5.41, 5.74) is 2.09. The molecule has 0 bridgehead atoms. The second kappa shape index (κ2) is 16.0. The second-order valence-corrected chi connectivity index (χ2v) is 11.7. The molecule has 47 heavy (non-hydrogen) atoms. The highest BCUT2D eigenvalue weighted by Crippen LogP contribution is 2.32. The van der Waals surface area contributed by atoms with Gasteiger partial charge in [-0.15, -0.1) is 0 Å². The van der Waals surface area contributed by atoms with Crippen molar-refractivity contribution in [2.75, 3.05) is 4.90 Å². The number of carbonyl (C=O) groups excluding carboxylic acids is 2. The third-order valence-electron chi connectivity index (χ3n) is 5.60. The first-order valence-electron chi connectivity index (χ1n) is 13.5. The molecule has 0 radical (unpaired) electrons. The first kappa shape index (κ1) is 40.0. The fourth-order valence-corrected chi connectivity index (χ4v) is 3.51. The summed E-state index contributed by atoms with van der Waals surface area (Å²) >= 11 is 0. The van der Waals surface area contributed by atoms with E-state index in [-0.39, 0.29) is 22.9 Å². The summed E-state index contributed by atoms with van der Waals surface area (Å²) in [6, 6.07) is 15.6. The number of anilines is 1. The third kappa shape index (κ3) is 13.5. The van der Waals surface area contributed by atoms with Crippen molar-refractivity contribution < 1.29 is 55.7 Å². The van der Waals surface area contributed by atoms with Gasteiger partial charge in [0.05, 0.1) is 0 Å². The lowest BCUT2D eigenvalue weighted by atomic mass is 9.87. The van der Waals surface area contributed by atoms with E-state index in [1.165, 1.54) is 4.90 Å². The predicted molar refractivity (Wildman–Crippen MR) is 158 cm³/mol. The van der Waals surface area contributed by atoms with E-state index in [9.17, 15) is 35.9 Å². The molecule has 0 aliphatic rings. The van der Waals surface area contributed by atoms with Crippen molar-refractivity contribution in [1.82, 2.24) is 15.3 Å². The van der Waals surface area contributed by atoms with Crippen LogP contribution in [-0.4, -0.2) is 61.8 Å². The summed E-state index contributed by atoms with van der Waals surface area (Å²) in [6.07, 6.45) is -5.33. The van der Waals surface area contributed by atoms with Crippen LogP contribution in [0.5, 0.6) is 0 Å². The lowest BCUT2D eigenvalue weighted by Gasteiger charge is -2.33. The zero-order valence-electron chi connectivity index (χ0n) is 26.1. The molecule has 0 saturated carbocycles. The maximum Gasteiger partial charge on any atom is 0.490 e. The topological polar surface area (TPSA) is 150 Å². The first-order chi connectivity index (χ1) is 21.4. The minimum Gasteiger partial charge on any atom is -0.475 e. The van der Waals surface area contributed by atoms with Gasteiger partial charge in [0, 0.05) is 35.4 Å². The number of hydrogen-bond donors (Lipinski definition) is 3. The molecule has 0 spiro atoms.